The molecule has 0 spiro atoms. The average molecular weight is 366 g/mol. The maximum absolute atomic E-state index is 12.7. The molecule has 0 aromatic carbocycles. The molecule has 2 amide bonds. The van der Waals surface area contributed by atoms with E-state index in [9.17, 15) is 14.4 Å². The van der Waals surface area contributed by atoms with Gasteiger partial charge in [-0.15, -0.1) is 0 Å². The van der Waals surface area contributed by atoms with Crippen molar-refractivity contribution in [2.24, 2.45) is 7.05 Å². The summed E-state index contributed by atoms with van der Waals surface area (Å²) in [7, 11) is 1.60. The molecule has 1 saturated heterocycles. The van der Waals surface area contributed by atoms with Gasteiger partial charge in [0.1, 0.15) is 11.3 Å². The van der Waals surface area contributed by atoms with E-state index in [2.05, 4.69) is 5.10 Å². The van der Waals surface area contributed by atoms with Crippen molar-refractivity contribution in [2.45, 2.75) is 33.3 Å². The molecule has 0 atom stereocenters. The van der Waals surface area contributed by atoms with Crippen molar-refractivity contribution in [3.63, 3.8) is 0 Å². The summed E-state index contributed by atoms with van der Waals surface area (Å²) in [6.07, 6.45) is -0.380. The number of carbonyl (C=O) groups excluding carboxylic acids is 3. The first-order valence-corrected chi connectivity index (χ1v) is 8.60. The molecular weight excluding hydrogens is 340 g/mol. The second kappa shape index (κ2) is 7.76. The van der Waals surface area contributed by atoms with Gasteiger partial charge in [0.25, 0.3) is 5.91 Å². The van der Waals surface area contributed by atoms with Crippen LogP contribution in [0.15, 0.2) is 6.07 Å². The van der Waals surface area contributed by atoms with Crippen molar-refractivity contribution >= 4 is 18.0 Å². The van der Waals surface area contributed by atoms with Gasteiger partial charge in [-0.2, -0.15) is 5.10 Å². The van der Waals surface area contributed by atoms with Crippen LogP contribution in [0.25, 0.3) is 0 Å². The van der Waals surface area contributed by atoms with E-state index in [0.29, 0.717) is 31.9 Å². The quantitative estimate of drug-likeness (QED) is 0.748. The van der Waals surface area contributed by atoms with E-state index in [1.165, 1.54) is 10.7 Å². The smallest absolute Gasteiger partial charge is 0.410 e. The number of esters is 1. The van der Waals surface area contributed by atoms with Crippen LogP contribution < -0.4 is 0 Å². The lowest BCUT2D eigenvalue weighted by Crippen LogP contribution is -2.51. The Balaban J connectivity index is 1.98. The SMILES string of the molecule is CCOC(=O)c1cc(C(=O)N2CCN(C(=O)OC(C)(C)C)CC2)n(C)n1. The molecule has 2 rings (SSSR count). The number of ether oxygens (including phenoxy) is 2. The first kappa shape index (κ1) is 19.7. The molecule has 1 aromatic heterocycles. The number of piperazine rings is 1. The predicted octanol–water partition coefficient (Wildman–Crippen LogP) is 1.29. The van der Waals surface area contributed by atoms with Gasteiger partial charge in [0.2, 0.25) is 0 Å². The molecule has 0 N–H and O–H groups in total. The lowest BCUT2D eigenvalue weighted by molar-refractivity contribution is 0.0139. The highest BCUT2D eigenvalue weighted by Crippen LogP contribution is 2.14. The molecule has 9 heteroatoms. The molecule has 0 unspecified atom stereocenters. The van der Waals surface area contributed by atoms with E-state index in [0.717, 1.165) is 0 Å². The molecule has 0 aliphatic carbocycles. The zero-order valence-electron chi connectivity index (χ0n) is 15.9. The third kappa shape index (κ3) is 4.74. The lowest BCUT2D eigenvalue weighted by atomic mass is 10.2. The summed E-state index contributed by atoms with van der Waals surface area (Å²) in [6.45, 7) is 8.95. The second-order valence-electron chi connectivity index (χ2n) is 7.02. The molecular formula is C17H26N4O5. The lowest BCUT2D eigenvalue weighted by Gasteiger charge is -2.35. The van der Waals surface area contributed by atoms with Crippen LogP contribution in [0.2, 0.25) is 0 Å². The van der Waals surface area contributed by atoms with Crippen molar-refractivity contribution in [3.8, 4) is 0 Å². The normalized spacial score (nSPS) is 15.0. The van der Waals surface area contributed by atoms with Crippen molar-refractivity contribution in [1.82, 2.24) is 19.6 Å². The highest BCUT2D eigenvalue weighted by molar-refractivity contribution is 5.96. The highest BCUT2D eigenvalue weighted by atomic mass is 16.6. The molecule has 2 heterocycles. The van der Waals surface area contributed by atoms with Gasteiger partial charge in [0.15, 0.2) is 5.69 Å². The minimum atomic E-state index is -0.558. The van der Waals surface area contributed by atoms with Crippen LogP contribution in [0.4, 0.5) is 4.79 Å². The summed E-state index contributed by atoms with van der Waals surface area (Å²) < 4.78 is 11.6. The Morgan fingerprint density at radius 1 is 1.12 bits per heavy atom. The summed E-state index contributed by atoms with van der Waals surface area (Å²) in [4.78, 5) is 39.8. The van der Waals surface area contributed by atoms with Crippen LogP contribution in [0.5, 0.6) is 0 Å². The number of rotatable bonds is 3. The molecule has 0 saturated carbocycles. The molecule has 0 bridgehead atoms. The Morgan fingerprint density at radius 2 is 1.69 bits per heavy atom. The number of nitrogens with zero attached hydrogens (tertiary/aromatic N) is 4. The van der Waals surface area contributed by atoms with E-state index in [-0.39, 0.29) is 24.3 Å². The summed E-state index contributed by atoms with van der Waals surface area (Å²) in [5.41, 5.74) is -0.147. The molecule has 26 heavy (non-hydrogen) atoms. The molecule has 1 aliphatic rings. The Hall–Kier alpha value is -2.58. The fraction of sp³-hybridized carbons (Fsp3) is 0.647. The van der Waals surface area contributed by atoms with Gasteiger partial charge in [0, 0.05) is 39.3 Å². The number of hydrogen-bond donors (Lipinski definition) is 0. The minimum Gasteiger partial charge on any atom is -0.461 e. The highest BCUT2D eigenvalue weighted by Gasteiger charge is 2.29. The number of hydrogen-bond acceptors (Lipinski definition) is 6. The minimum absolute atomic E-state index is 0.102. The number of aromatic nitrogens is 2. The monoisotopic (exact) mass is 366 g/mol. The second-order valence-corrected chi connectivity index (χ2v) is 7.02. The van der Waals surface area contributed by atoms with Crippen LogP contribution >= 0.6 is 0 Å². The zero-order chi connectivity index (χ0) is 19.5. The van der Waals surface area contributed by atoms with Gasteiger partial charge in [-0.25, -0.2) is 9.59 Å². The van der Waals surface area contributed by atoms with Crippen LogP contribution in [0, 0.1) is 0 Å². The van der Waals surface area contributed by atoms with Crippen molar-refractivity contribution in [1.29, 1.82) is 0 Å². The molecule has 9 nitrogen and oxygen atoms in total. The summed E-state index contributed by atoms with van der Waals surface area (Å²) in [5, 5.41) is 4.04. The van der Waals surface area contributed by atoms with Crippen molar-refractivity contribution < 1.29 is 23.9 Å². The molecule has 1 fully saturated rings. The standard InChI is InChI=1S/C17H26N4O5/c1-6-25-15(23)12-11-13(19(5)18-12)14(22)20-7-9-21(10-8-20)16(24)26-17(2,3)4/h11H,6-10H2,1-5H3. The van der Waals surface area contributed by atoms with Crippen LogP contribution in [-0.2, 0) is 16.5 Å². The van der Waals surface area contributed by atoms with E-state index in [4.69, 9.17) is 9.47 Å². The van der Waals surface area contributed by atoms with Crippen LogP contribution in [0.3, 0.4) is 0 Å². The molecule has 144 valence electrons. The Labute approximate surface area is 152 Å². The number of amides is 2. The van der Waals surface area contributed by atoms with E-state index in [1.54, 1.807) is 23.8 Å². The fourth-order valence-corrected chi connectivity index (χ4v) is 2.55. The maximum Gasteiger partial charge on any atom is 0.410 e. The summed E-state index contributed by atoms with van der Waals surface area (Å²) in [6, 6.07) is 1.43. The summed E-state index contributed by atoms with van der Waals surface area (Å²) in [5.74, 6) is -0.795. The van der Waals surface area contributed by atoms with Gasteiger partial charge in [-0.05, 0) is 27.7 Å². The Kier molecular flexibility index (Phi) is 5.89. The topological polar surface area (TPSA) is 94.0 Å². The number of carbonyl (C=O) groups is 3. The van der Waals surface area contributed by atoms with E-state index < -0.39 is 11.6 Å². The van der Waals surface area contributed by atoms with Crippen LogP contribution in [0.1, 0.15) is 48.7 Å². The molecule has 1 aromatic rings. The Morgan fingerprint density at radius 3 is 2.23 bits per heavy atom. The maximum atomic E-state index is 12.7. The average Bonchev–Trinajstić information content (AvgIpc) is 2.95. The first-order chi connectivity index (χ1) is 12.1. The predicted molar refractivity (Wildman–Crippen MR) is 92.9 cm³/mol. The zero-order valence-corrected chi connectivity index (χ0v) is 15.9. The third-order valence-electron chi connectivity index (χ3n) is 3.80. The Bertz CT molecular complexity index is 684. The van der Waals surface area contributed by atoms with Crippen LogP contribution in [-0.4, -0.2) is 75.9 Å². The van der Waals surface area contributed by atoms with Gasteiger partial charge in [0.05, 0.1) is 6.61 Å². The van der Waals surface area contributed by atoms with Gasteiger partial charge in [-0.1, -0.05) is 0 Å². The van der Waals surface area contributed by atoms with Crippen molar-refractivity contribution in [3.05, 3.63) is 17.5 Å². The molecule has 1 aliphatic heterocycles. The van der Waals surface area contributed by atoms with E-state index >= 15 is 0 Å². The van der Waals surface area contributed by atoms with Gasteiger partial charge in [-0.3, -0.25) is 9.48 Å². The summed E-state index contributed by atoms with van der Waals surface area (Å²) >= 11 is 0. The third-order valence-corrected chi connectivity index (χ3v) is 3.80. The van der Waals surface area contributed by atoms with Gasteiger partial charge < -0.3 is 19.3 Å². The van der Waals surface area contributed by atoms with Gasteiger partial charge >= 0.3 is 12.1 Å². The largest absolute Gasteiger partial charge is 0.461 e. The first-order valence-electron chi connectivity index (χ1n) is 8.60. The van der Waals surface area contributed by atoms with E-state index in [1.807, 2.05) is 20.8 Å². The van der Waals surface area contributed by atoms with Crippen molar-refractivity contribution in [2.75, 3.05) is 32.8 Å². The molecule has 0 radical (unpaired) electrons. The number of aryl methyl sites for hydroxylation is 1. The fourth-order valence-electron chi connectivity index (χ4n) is 2.55.